The predicted octanol–water partition coefficient (Wildman–Crippen LogP) is 1.84. The third-order valence-corrected chi connectivity index (χ3v) is 4.08. The fourth-order valence-electron chi connectivity index (χ4n) is 2.27. The normalized spacial score (nSPS) is 19.6. The summed E-state index contributed by atoms with van der Waals surface area (Å²) in [4.78, 5) is 26.6. The SMILES string of the molecule is COC(=O)[C@H]1CCCCN1C(=O)Cc1cccs1. The summed E-state index contributed by atoms with van der Waals surface area (Å²) in [7, 11) is 1.37. The van der Waals surface area contributed by atoms with E-state index in [0.29, 0.717) is 19.4 Å². The highest BCUT2D eigenvalue weighted by atomic mass is 32.1. The number of piperidine rings is 1. The van der Waals surface area contributed by atoms with Crippen molar-refractivity contribution >= 4 is 23.2 Å². The summed E-state index contributed by atoms with van der Waals surface area (Å²) in [6.45, 7) is 0.657. The molecule has 0 spiro atoms. The zero-order valence-corrected chi connectivity index (χ0v) is 11.2. The summed E-state index contributed by atoms with van der Waals surface area (Å²) in [5, 5.41) is 1.95. The number of carbonyl (C=O) groups is 2. The molecule has 1 aromatic heterocycles. The standard InChI is InChI=1S/C13H17NO3S/c1-17-13(16)11-6-2-3-7-14(11)12(15)9-10-5-4-8-18-10/h4-5,8,11H,2-3,6-7,9H2,1H3/t11-/m1/s1. The number of hydrogen-bond donors (Lipinski definition) is 0. The van der Waals surface area contributed by atoms with Crippen LogP contribution in [0.5, 0.6) is 0 Å². The third-order valence-electron chi connectivity index (χ3n) is 3.20. The summed E-state index contributed by atoms with van der Waals surface area (Å²) < 4.78 is 4.78. The molecule has 1 atom stereocenters. The number of ether oxygens (including phenoxy) is 1. The number of carbonyl (C=O) groups excluding carboxylic acids is 2. The Kier molecular flexibility index (Phi) is 4.36. The molecule has 98 valence electrons. The molecule has 1 aliphatic heterocycles. The van der Waals surface area contributed by atoms with E-state index in [0.717, 1.165) is 17.7 Å². The van der Waals surface area contributed by atoms with Gasteiger partial charge in [-0.3, -0.25) is 4.79 Å². The molecule has 1 amide bonds. The van der Waals surface area contributed by atoms with Gasteiger partial charge >= 0.3 is 5.97 Å². The van der Waals surface area contributed by atoms with Crippen molar-refractivity contribution in [2.75, 3.05) is 13.7 Å². The Morgan fingerprint density at radius 3 is 3.00 bits per heavy atom. The second kappa shape index (κ2) is 6.00. The van der Waals surface area contributed by atoms with E-state index < -0.39 is 6.04 Å². The van der Waals surface area contributed by atoms with Crippen molar-refractivity contribution in [2.24, 2.45) is 0 Å². The second-order valence-corrected chi connectivity index (χ2v) is 5.41. The van der Waals surface area contributed by atoms with E-state index in [1.54, 1.807) is 16.2 Å². The highest BCUT2D eigenvalue weighted by Crippen LogP contribution is 2.20. The number of esters is 1. The van der Waals surface area contributed by atoms with E-state index >= 15 is 0 Å². The summed E-state index contributed by atoms with van der Waals surface area (Å²) in [5.41, 5.74) is 0. The first kappa shape index (κ1) is 13.1. The molecular weight excluding hydrogens is 250 g/mol. The van der Waals surface area contributed by atoms with Crippen molar-refractivity contribution in [3.8, 4) is 0 Å². The van der Waals surface area contributed by atoms with Crippen LogP contribution >= 0.6 is 11.3 Å². The van der Waals surface area contributed by atoms with E-state index in [1.807, 2.05) is 17.5 Å². The fourth-order valence-corrected chi connectivity index (χ4v) is 2.97. The highest BCUT2D eigenvalue weighted by molar-refractivity contribution is 7.10. The topological polar surface area (TPSA) is 46.6 Å². The van der Waals surface area contributed by atoms with Crippen LogP contribution in [0.15, 0.2) is 17.5 Å². The molecule has 2 heterocycles. The van der Waals surface area contributed by atoms with Gasteiger partial charge in [0.05, 0.1) is 13.5 Å². The Hall–Kier alpha value is -1.36. The van der Waals surface area contributed by atoms with Crippen molar-refractivity contribution in [3.05, 3.63) is 22.4 Å². The molecule has 1 aliphatic rings. The zero-order valence-electron chi connectivity index (χ0n) is 10.4. The summed E-state index contributed by atoms with van der Waals surface area (Å²) in [5.74, 6) is -0.276. The number of rotatable bonds is 3. The van der Waals surface area contributed by atoms with Gasteiger partial charge in [0.1, 0.15) is 6.04 Å². The second-order valence-electron chi connectivity index (χ2n) is 4.38. The maximum Gasteiger partial charge on any atom is 0.328 e. The van der Waals surface area contributed by atoms with Gasteiger partial charge in [0.25, 0.3) is 0 Å². The van der Waals surface area contributed by atoms with Gasteiger partial charge in [-0.15, -0.1) is 11.3 Å². The minimum Gasteiger partial charge on any atom is -0.467 e. The summed E-state index contributed by atoms with van der Waals surface area (Å²) in [6, 6.07) is 3.48. The highest BCUT2D eigenvalue weighted by Gasteiger charge is 2.32. The van der Waals surface area contributed by atoms with Gasteiger partial charge in [-0.1, -0.05) is 6.07 Å². The Balaban J connectivity index is 2.04. The first-order valence-electron chi connectivity index (χ1n) is 6.12. The maximum atomic E-state index is 12.2. The molecule has 1 saturated heterocycles. The minimum atomic E-state index is -0.392. The summed E-state index contributed by atoms with van der Waals surface area (Å²) in [6.07, 6.45) is 3.03. The van der Waals surface area contributed by atoms with Gasteiger partial charge in [0.15, 0.2) is 0 Å². The molecular formula is C13H17NO3S. The largest absolute Gasteiger partial charge is 0.467 e. The quantitative estimate of drug-likeness (QED) is 0.785. The molecule has 1 fully saturated rings. The van der Waals surface area contributed by atoms with Crippen LogP contribution in [0, 0.1) is 0 Å². The monoisotopic (exact) mass is 267 g/mol. The van der Waals surface area contributed by atoms with Crippen molar-refractivity contribution in [2.45, 2.75) is 31.7 Å². The Morgan fingerprint density at radius 2 is 2.33 bits per heavy atom. The van der Waals surface area contributed by atoms with Gasteiger partial charge in [-0.05, 0) is 30.7 Å². The lowest BCUT2D eigenvalue weighted by Gasteiger charge is -2.33. The molecule has 0 aromatic carbocycles. The number of thiophene rings is 1. The van der Waals surface area contributed by atoms with E-state index in [-0.39, 0.29) is 11.9 Å². The average Bonchev–Trinajstić information content (AvgIpc) is 2.90. The molecule has 0 unspecified atom stereocenters. The minimum absolute atomic E-state index is 0.0209. The molecule has 18 heavy (non-hydrogen) atoms. The van der Waals surface area contributed by atoms with Crippen LogP contribution in [-0.4, -0.2) is 36.5 Å². The Morgan fingerprint density at radius 1 is 1.50 bits per heavy atom. The number of likely N-dealkylation sites (tertiary alicyclic amines) is 1. The van der Waals surface area contributed by atoms with Crippen molar-refractivity contribution < 1.29 is 14.3 Å². The molecule has 0 saturated carbocycles. The first-order valence-corrected chi connectivity index (χ1v) is 7.00. The molecule has 2 rings (SSSR count). The van der Waals surface area contributed by atoms with Crippen LogP contribution in [0.3, 0.4) is 0 Å². The van der Waals surface area contributed by atoms with Gasteiger partial charge in [0, 0.05) is 11.4 Å². The van der Waals surface area contributed by atoms with E-state index in [9.17, 15) is 9.59 Å². The molecule has 0 bridgehead atoms. The van der Waals surface area contributed by atoms with Crippen LogP contribution in [-0.2, 0) is 20.7 Å². The van der Waals surface area contributed by atoms with E-state index in [2.05, 4.69) is 0 Å². The lowest BCUT2D eigenvalue weighted by Crippen LogP contribution is -2.48. The van der Waals surface area contributed by atoms with Crippen molar-refractivity contribution in [1.82, 2.24) is 4.90 Å². The molecule has 0 N–H and O–H groups in total. The van der Waals surface area contributed by atoms with E-state index in [1.165, 1.54) is 7.11 Å². The van der Waals surface area contributed by atoms with Gasteiger partial charge < -0.3 is 9.64 Å². The molecule has 4 nitrogen and oxygen atoms in total. The van der Waals surface area contributed by atoms with Gasteiger partial charge in [0.2, 0.25) is 5.91 Å². The lowest BCUT2D eigenvalue weighted by molar-refractivity contribution is -0.154. The number of hydrogen-bond acceptors (Lipinski definition) is 4. The van der Waals surface area contributed by atoms with Crippen LogP contribution < -0.4 is 0 Å². The van der Waals surface area contributed by atoms with Crippen molar-refractivity contribution in [3.63, 3.8) is 0 Å². The number of nitrogens with zero attached hydrogens (tertiary/aromatic N) is 1. The smallest absolute Gasteiger partial charge is 0.328 e. The zero-order chi connectivity index (χ0) is 13.0. The average molecular weight is 267 g/mol. The maximum absolute atomic E-state index is 12.2. The van der Waals surface area contributed by atoms with Crippen LogP contribution in [0.1, 0.15) is 24.1 Å². The molecule has 5 heteroatoms. The third kappa shape index (κ3) is 2.90. The van der Waals surface area contributed by atoms with Gasteiger partial charge in [-0.2, -0.15) is 0 Å². The predicted molar refractivity (Wildman–Crippen MR) is 69.4 cm³/mol. The molecule has 0 radical (unpaired) electrons. The van der Waals surface area contributed by atoms with E-state index in [4.69, 9.17) is 4.74 Å². The fraction of sp³-hybridized carbons (Fsp3) is 0.538. The number of methoxy groups -OCH3 is 1. The molecule has 0 aliphatic carbocycles. The lowest BCUT2D eigenvalue weighted by atomic mass is 10.0. The van der Waals surface area contributed by atoms with Crippen LogP contribution in [0.25, 0.3) is 0 Å². The number of amides is 1. The first-order chi connectivity index (χ1) is 8.72. The summed E-state index contributed by atoms with van der Waals surface area (Å²) >= 11 is 1.57. The molecule has 1 aromatic rings. The van der Waals surface area contributed by atoms with Crippen LogP contribution in [0.2, 0.25) is 0 Å². The Bertz CT molecular complexity index is 416. The van der Waals surface area contributed by atoms with Crippen LogP contribution in [0.4, 0.5) is 0 Å². The van der Waals surface area contributed by atoms with Gasteiger partial charge in [-0.25, -0.2) is 4.79 Å². The Labute approximate surface area is 111 Å². The van der Waals surface area contributed by atoms with Crippen molar-refractivity contribution in [1.29, 1.82) is 0 Å².